The molecule has 1 atom stereocenters. The number of benzene rings is 1. The molecular formula is C17H23Cl2NO2. The number of nitrogens with zero attached hydrogens (tertiary/aromatic N) is 1. The molecule has 1 unspecified atom stereocenters. The molecule has 1 aliphatic rings. The Morgan fingerprint density at radius 1 is 1.36 bits per heavy atom. The summed E-state index contributed by atoms with van der Waals surface area (Å²) >= 11 is 11.9. The summed E-state index contributed by atoms with van der Waals surface area (Å²) in [6.07, 6.45) is 3.65. The van der Waals surface area contributed by atoms with Crippen LogP contribution in [0.2, 0.25) is 10.0 Å². The van der Waals surface area contributed by atoms with Crippen LogP contribution in [0.4, 0.5) is 0 Å². The molecule has 1 heterocycles. The summed E-state index contributed by atoms with van der Waals surface area (Å²) in [6.45, 7) is 4.88. The van der Waals surface area contributed by atoms with Gasteiger partial charge in [-0.25, -0.2) is 0 Å². The Balaban J connectivity index is 1.76. The van der Waals surface area contributed by atoms with E-state index in [0.717, 1.165) is 50.9 Å². The molecule has 0 amide bonds. The number of likely N-dealkylation sites (tertiary alicyclic amines) is 1. The number of halogens is 2. The van der Waals surface area contributed by atoms with Crippen LogP contribution in [-0.4, -0.2) is 29.1 Å². The minimum absolute atomic E-state index is 0.183. The van der Waals surface area contributed by atoms with Crippen LogP contribution in [0.25, 0.3) is 0 Å². The van der Waals surface area contributed by atoms with E-state index in [1.54, 1.807) is 0 Å². The van der Waals surface area contributed by atoms with Crippen molar-refractivity contribution in [3.63, 3.8) is 0 Å². The van der Waals surface area contributed by atoms with Crippen molar-refractivity contribution in [2.24, 2.45) is 11.8 Å². The lowest BCUT2D eigenvalue weighted by Crippen LogP contribution is -2.47. The van der Waals surface area contributed by atoms with Crippen LogP contribution in [0.3, 0.4) is 0 Å². The summed E-state index contributed by atoms with van der Waals surface area (Å²) in [4.78, 5) is 13.6. The van der Waals surface area contributed by atoms with Gasteiger partial charge in [-0.05, 0) is 36.5 Å². The van der Waals surface area contributed by atoms with Gasteiger partial charge in [0.05, 0.1) is 16.0 Å². The van der Waals surface area contributed by atoms with Crippen LogP contribution in [0.1, 0.15) is 38.2 Å². The van der Waals surface area contributed by atoms with E-state index < -0.39 is 5.97 Å². The number of aliphatic carboxylic acids is 1. The maximum absolute atomic E-state index is 11.3. The van der Waals surface area contributed by atoms with Gasteiger partial charge in [0, 0.05) is 19.6 Å². The maximum atomic E-state index is 11.3. The Labute approximate surface area is 142 Å². The van der Waals surface area contributed by atoms with Gasteiger partial charge in [0.2, 0.25) is 0 Å². The fourth-order valence-corrected chi connectivity index (χ4v) is 3.37. The van der Waals surface area contributed by atoms with Gasteiger partial charge < -0.3 is 5.11 Å². The lowest BCUT2D eigenvalue weighted by atomic mass is 9.86. The lowest BCUT2D eigenvalue weighted by Gasteiger charge is -2.40. The molecule has 0 spiro atoms. The fraction of sp³-hybridized carbons (Fsp3) is 0.588. The number of carboxylic acid groups (broad SMARTS) is 1. The quantitative estimate of drug-likeness (QED) is 0.743. The smallest absolute Gasteiger partial charge is 0.306 e. The number of unbranched alkanes of at least 4 members (excludes halogenated alkanes) is 1. The van der Waals surface area contributed by atoms with Gasteiger partial charge in [-0.2, -0.15) is 0 Å². The molecule has 0 bridgehead atoms. The summed E-state index contributed by atoms with van der Waals surface area (Å²) in [5, 5.41) is 10.4. The van der Waals surface area contributed by atoms with E-state index in [0.29, 0.717) is 16.0 Å². The number of carboxylic acids is 1. The highest BCUT2D eigenvalue weighted by Crippen LogP contribution is 2.29. The Morgan fingerprint density at radius 3 is 2.68 bits per heavy atom. The van der Waals surface area contributed by atoms with E-state index in [4.69, 9.17) is 23.2 Å². The van der Waals surface area contributed by atoms with E-state index in [2.05, 4.69) is 11.8 Å². The Kier molecular flexibility index (Phi) is 6.54. The van der Waals surface area contributed by atoms with Crippen LogP contribution < -0.4 is 0 Å². The minimum atomic E-state index is -0.642. The third kappa shape index (κ3) is 4.87. The molecule has 0 saturated carbocycles. The van der Waals surface area contributed by atoms with Gasteiger partial charge in [0.1, 0.15) is 0 Å². The van der Waals surface area contributed by atoms with Gasteiger partial charge in [-0.15, -0.1) is 0 Å². The topological polar surface area (TPSA) is 40.5 Å². The first-order chi connectivity index (χ1) is 10.5. The Bertz CT molecular complexity index is 515. The van der Waals surface area contributed by atoms with Crippen molar-refractivity contribution in [3.8, 4) is 0 Å². The Hall–Kier alpha value is -0.770. The van der Waals surface area contributed by atoms with Crippen molar-refractivity contribution in [1.82, 2.24) is 4.90 Å². The van der Waals surface area contributed by atoms with Crippen LogP contribution in [0, 0.1) is 11.8 Å². The molecule has 1 saturated heterocycles. The predicted octanol–water partition coefficient (Wildman–Crippen LogP) is 4.71. The van der Waals surface area contributed by atoms with E-state index in [1.807, 2.05) is 18.2 Å². The SMILES string of the molecule is CCCCC(CC1CN(Cc2ccc(Cl)c(Cl)c2)C1)C(=O)O. The molecule has 1 N–H and O–H groups in total. The fourth-order valence-electron chi connectivity index (χ4n) is 3.05. The summed E-state index contributed by atoms with van der Waals surface area (Å²) in [5.74, 6) is -0.325. The first-order valence-electron chi connectivity index (χ1n) is 7.88. The van der Waals surface area contributed by atoms with E-state index in [1.165, 1.54) is 0 Å². The molecule has 1 aromatic rings. The molecular weight excluding hydrogens is 321 g/mol. The largest absolute Gasteiger partial charge is 0.481 e. The van der Waals surface area contributed by atoms with Crippen molar-refractivity contribution < 1.29 is 9.90 Å². The number of hydrogen-bond donors (Lipinski definition) is 1. The zero-order chi connectivity index (χ0) is 16.1. The van der Waals surface area contributed by atoms with Crippen molar-refractivity contribution >= 4 is 29.2 Å². The Morgan fingerprint density at radius 2 is 2.09 bits per heavy atom. The molecule has 2 rings (SSSR count). The van der Waals surface area contributed by atoms with E-state index in [9.17, 15) is 9.90 Å². The zero-order valence-corrected chi connectivity index (χ0v) is 14.4. The zero-order valence-electron chi connectivity index (χ0n) is 12.9. The third-order valence-corrected chi connectivity index (χ3v) is 5.04. The van der Waals surface area contributed by atoms with Crippen LogP contribution in [0.5, 0.6) is 0 Å². The molecule has 1 aromatic carbocycles. The van der Waals surface area contributed by atoms with E-state index in [-0.39, 0.29) is 5.92 Å². The molecule has 122 valence electrons. The molecule has 1 aliphatic heterocycles. The summed E-state index contributed by atoms with van der Waals surface area (Å²) in [5.41, 5.74) is 1.15. The van der Waals surface area contributed by atoms with Gasteiger partial charge in [0.15, 0.2) is 0 Å². The molecule has 0 aliphatic carbocycles. The third-order valence-electron chi connectivity index (χ3n) is 4.30. The summed E-state index contributed by atoms with van der Waals surface area (Å²) in [7, 11) is 0. The second-order valence-corrected chi connectivity index (χ2v) is 7.04. The first-order valence-corrected chi connectivity index (χ1v) is 8.64. The lowest BCUT2D eigenvalue weighted by molar-refractivity contribution is -0.143. The normalized spacial score (nSPS) is 17.2. The molecule has 0 radical (unpaired) electrons. The van der Waals surface area contributed by atoms with E-state index >= 15 is 0 Å². The van der Waals surface area contributed by atoms with Crippen LogP contribution in [-0.2, 0) is 11.3 Å². The van der Waals surface area contributed by atoms with Crippen molar-refractivity contribution in [3.05, 3.63) is 33.8 Å². The molecule has 3 nitrogen and oxygen atoms in total. The summed E-state index contributed by atoms with van der Waals surface area (Å²) < 4.78 is 0. The van der Waals surface area contributed by atoms with Gasteiger partial charge in [0.25, 0.3) is 0 Å². The van der Waals surface area contributed by atoms with Crippen molar-refractivity contribution in [2.45, 2.75) is 39.2 Å². The highest BCUT2D eigenvalue weighted by atomic mass is 35.5. The predicted molar refractivity (Wildman–Crippen MR) is 90.5 cm³/mol. The maximum Gasteiger partial charge on any atom is 0.306 e. The molecule has 1 fully saturated rings. The first kappa shape index (κ1) is 17.6. The molecule has 0 aromatic heterocycles. The highest BCUT2D eigenvalue weighted by molar-refractivity contribution is 6.42. The van der Waals surface area contributed by atoms with Gasteiger partial charge in [-0.3, -0.25) is 9.69 Å². The minimum Gasteiger partial charge on any atom is -0.481 e. The van der Waals surface area contributed by atoms with Crippen LogP contribution >= 0.6 is 23.2 Å². The number of hydrogen-bond acceptors (Lipinski definition) is 2. The van der Waals surface area contributed by atoms with Crippen molar-refractivity contribution in [1.29, 1.82) is 0 Å². The van der Waals surface area contributed by atoms with Gasteiger partial charge >= 0.3 is 5.97 Å². The van der Waals surface area contributed by atoms with Crippen LogP contribution in [0.15, 0.2) is 18.2 Å². The number of carbonyl (C=O) groups is 1. The standard InChI is InChI=1S/C17H23Cl2NO2/c1-2-3-4-14(17(21)22)7-13-10-20(11-13)9-12-5-6-15(18)16(19)8-12/h5-6,8,13-14H,2-4,7,9-11H2,1H3,(H,21,22). The average molecular weight is 344 g/mol. The second-order valence-electron chi connectivity index (χ2n) is 6.22. The highest BCUT2D eigenvalue weighted by Gasteiger charge is 2.31. The summed E-state index contributed by atoms with van der Waals surface area (Å²) in [6, 6.07) is 5.71. The second kappa shape index (κ2) is 8.19. The average Bonchev–Trinajstić information content (AvgIpc) is 2.43. The number of rotatable bonds is 8. The molecule has 5 heteroatoms. The van der Waals surface area contributed by atoms with Gasteiger partial charge in [-0.1, -0.05) is 49.0 Å². The monoisotopic (exact) mass is 343 g/mol. The molecule has 22 heavy (non-hydrogen) atoms. The van der Waals surface area contributed by atoms with Crippen molar-refractivity contribution in [2.75, 3.05) is 13.1 Å².